The van der Waals surface area contributed by atoms with Crippen molar-refractivity contribution in [2.45, 2.75) is 19.3 Å². The lowest BCUT2D eigenvalue weighted by molar-refractivity contribution is -0.130. The van der Waals surface area contributed by atoms with Gasteiger partial charge in [0.15, 0.2) is 0 Å². The maximum absolute atomic E-state index is 12.5. The molecule has 2 atom stereocenters. The maximum Gasteiger partial charge on any atom is 0.302 e. The molecule has 3 rings (SSSR count). The number of rotatable bonds is 3. The number of piperidine rings is 1. The number of carbonyl (C=O) groups excluding carboxylic acids is 1. The van der Waals surface area contributed by atoms with Crippen LogP contribution in [0.1, 0.15) is 25.6 Å². The molecule has 0 bridgehead atoms. The molecule has 1 aliphatic heterocycles. The minimum absolute atomic E-state index is 0.122. The van der Waals surface area contributed by atoms with Crippen molar-refractivity contribution in [3.63, 3.8) is 0 Å². The summed E-state index contributed by atoms with van der Waals surface area (Å²) >= 11 is 0. The van der Waals surface area contributed by atoms with Crippen molar-refractivity contribution >= 4 is 22.8 Å². The Hall–Kier alpha value is -2.62. The Morgan fingerprint density at radius 2 is 2.65 bits per heavy atom. The molecule has 0 radical (unpaired) electrons. The van der Waals surface area contributed by atoms with Crippen LogP contribution in [-0.2, 0) is 4.79 Å². The molecule has 120 valence electrons. The minimum Gasteiger partial charge on any atom is -0.354 e. The monoisotopic (exact) mass is 321 g/mol. The van der Waals surface area contributed by atoms with Gasteiger partial charge in [0.25, 0.3) is 6.54 Å². The second kappa shape index (κ2) is 6.24. The van der Waals surface area contributed by atoms with Crippen molar-refractivity contribution in [3.05, 3.63) is 30.0 Å². The van der Waals surface area contributed by atoms with Crippen molar-refractivity contribution in [2.75, 3.05) is 31.5 Å². The van der Waals surface area contributed by atoms with Crippen LogP contribution < -0.4 is 4.90 Å². The third-order valence-electron chi connectivity index (χ3n) is 3.64. The molecule has 0 aliphatic carbocycles. The third kappa shape index (κ3) is 2.84. The molecule has 1 saturated heterocycles. The molecule has 7 heteroatoms. The fourth-order valence-corrected chi connectivity index (χ4v) is 2.46. The van der Waals surface area contributed by atoms with E-state index in [9.17, 15) is 4.79 Å². The summed E-state index contributed by atoms with van der Waals surface area (Å²) in [6.07, 6.45) is 0.668. The number of amides is 1. The Labute approximate surface area is 147 Å². The van der Waals surface area contributed by atoms with E-state index in [-0.39, 0.29) is 29.8 Å². The number of nitrogens with zero attached hydrogens (tertiary/aromatic N) is 5. The Morgan fingerprint density at radius 1 is 1.74 bits per heavy atom. The van der Waals surface area contributed by atoms with Crippen molar-refractivity contribution in [1.82, 2.24) is 19.9 Å². The number of likely N-dealkylation sites (tertiary alicyclic amines) is 1. The quantitative estimate of drug-likeness (QED) is 0.871. The Morgan fingerprint density at radius 3 is 3.43 bits per heavy atom. The second-order valence-electron chi connectivity index (χ2n) is 5.09. The summed E-state index contributed by atoms with van der Waals surface area (Å²) in [7, 11) is 0. The summed E-state index contributed by atoms with van der Waals surface area (Å²) < 4.78 is 73.4. The highest BCUT2D eigenvalue weighted by atomic mass is 16.2. The van der Waals surface area contributed by atoms with Crippen LogP contribution in [-0.4, -0.2) is 58.4 Å². The number of fused-ring (bicyclic) bond motifs is 1. The first-order valence-electron chi connectivity index (χ1n) is 11.4. The minimum atomic E-state index is -3.08. The van der Waals surface area contributed by atoms with Crippen molar-refractivity contribution < 1.29 is 17.1 Å². The molecule has 0 aromatic carbocycles. The molecule has 0 unspecified atom stereocenters. The van der Waals surface area contributed by atoms with Crippen molar-refractivity contribution in [3.8, 4) is 0 Å². The number of carbonyl (C=O) groups is 1. The van der Waals surface area contributed by atoms with E-state index < -0.39 is 51.0 Å². The predicted molar refractivity (Wildman–Crippen MR) is 87.9 cm³/mol. The standard InChI is InChI=1S/C16H20N6O/c1-11-5-7-22(14(23)8-17-2)9-13(11)21(3)16-12-4-6-18-15(12)19-10-20-16/h4,6,10-11,13H,5,7-9H2,1,3H3,(H,18,19,20)/t11-,13+/m1/s1/i1D3,3D3,9D2,10D. The Bertz CT molecular complexity index is 1060. The largest absolute Gasteiger partial charge is 0.354 e. The van der Waals surface area contributed by atoms with Crippen LogP contribution in [0.3, 0.4) is 0 Å². The van der Waals surface area contributed by atoms with E-state index in [1.807, 2.05) is 0 Å². The van der Waals surface area contributed by atoms with E-state index in [0.29, 0.717) is 9.80 Å². The first-order valence-corrected chi connectivity index (χ1v) is 6.94. The van der Waals surface area contributed by atoms with Gasteiger partial charge >= 0.3 is 5.91 Å². The molecule has 1 fully saturated rings. The predicted octanol–water partition coefficient (Wildman–Crippen LogP) is 1.55. The highest BCUT2D eigenvalue weighted by Gasteiger charge is 2.33. The smallest absolute Gasteiger partial charge is 0.302 e. The van der Waals surface area contributed by atoms with Gasteiger partial charge in [-0.2, -0.15) is 0 Å². The molecule has 23 heavy (non-hydrogen) atoms. The van der Waals surface area contributed by atoms with Gasteiger partial charge in [0, 0.05) is 34.4 Å². The number of nitrogens with one attached hydrogen (secondary N) is 1. The number of hydrogen-bond acceptors (Lipinski definition) is 4. The first-order chi connectivity index (χ1) is 14.7. The lowest BCUT2D eigenvalue weighted by atomic mass is 9.92. The fraction of sp³-hybridized carbons (Fsp3) is 0.500. The highest BCUT2D eigenvalue weighted by Crippen LogP contribution is 2.28. The van der Waals surface area contributed by atoms with Gasteiger partial charge in [-0.25, -0.2) is 16.5 Å². The summed E-state index contributed by atoms with van der Waals surface area (Å²) in [5.74, 6) is -2.70. The van der Waals surface area contributed by atoms with E-state index in [1.165, 1.54) is 12.3 Å². The Kier molecular flexibility index (Phi) is 2.11. The number of H-pyrrole nitrogens is 1. The van der Waals surface area contributed by atoms with Crippen molar-refractivity contribution in [2.24, 2.45) is 5.92 Å². The van der Waals surface area contributed by atoms with E-state index in [4.69, 9.17) is 18.9 Å². The number of hydrogen-bond donors (Lipinski definition) is 1. The third-order valence-corrected chi connectivity index (χ3v) is 3.64. The number of anilines is 1. The number of likely N-dealkylation sites (N-methyl/N-ethyl adjacent to an activating group) is 1. The summed E-state index contributed by atoms with van der Waals surface area (Å²) in [6, 6.07) is -0.439. The van der Waals surface area contributed by atoms with Gasteiger partial charge < -0.3 is 19.6 Å². The summed E-state index contributed by atoms with van der Waals surface area (Å²) in [4.78, 5) is 27.2. The van der Waals surface area contributed by atoms with Crippen LogP contribution in [0, 0.1) is 12.5 Å². The SMILES string of the molecule is [2H]c1nc(N([C@@H]2[C@H](C([2H])([2H])[2H])CCN(C(=O)C[N+]#[C-])C2([2H])[2H])C([2H])([2H])[2H])c2cc[nH]c2n1. The van der Waals surface area contributed by atoms with Gasteiger partial charge in [-0.1, -0.05) is 6.85 Å². The maximum atomic E-state index is 12.5. The normalized spacial score (nSPS) is 30.2. The average Bonchev–Trinajstić information content (AvgIpc) is 3.09. The zero-order chi connectivity index (χ0) is 24.1. The fourth-order valence-electron chi connectivity index (χ4n) is 2.46. The second-order valence-corrected chi connectivity index (χ2v) is 5.09. The van der Waals surface area contributed by atoms with Crippen LogP contribution in [0.25, 0.3) is 15.9 Å². The molecule has 0 saturated carbocycles. The summed E-state index contributed by atoms with van der Waals surface area (Å²) in [5.41, 5.74) is 0.122. The molecule has 0 spiro atoms. The van der Waals surface area contributed by atoms with Crippen LogP contribution in [0.15, 0.2) is 18.6 Å². The molecule has 1 N–H and O–H groups in total. The van der Waals surface area contributed by atoms with Gasteiger partial charge in [0.2, 0.25) is 0 Å². The lowest BCUT2D eigenvalue weighted by Crippen LogP contribution is -2.53. The van der Waals surface area contributed by atoms with E-state index in [0.717, 1.165) is 0 Å². The van der Waals surface area contributed by atoms with Crippen LogP contribution >= 0.6 is 0 Å². The molecule has 7 nitrogen and oxygen atoms in total. The van der Waals surface area contributed by atoms with Crippen LogP contribution in [0.5, 0.6) is 0 Å². The highest BCUT2D eigenvalue weighted by molar-refractivity contribution is 5.87. The molecular formula is C16H20N6O. The van der Waals surface area contributed by atoms with Crippen LogP contribution in [0.2, 0.25) is 0 Å². The molecule has 2 aromatic heterocycles. The molecular weight excluding hydrogens is 292 g/mol. The molecule has 3 heterocycles. The average molecular weight is 321 g/mol. The topological polar surface area (TPSA) is 69.5 Å². The van der Waals surface area contributed by atoms with E-state index >= 15 is 0 Å². The Balaban J connectivity index is 2.28. The van der Waals surface area contributed by atoms with Gasteiger partial charge in [-0.15, -0.1) is 0 Å². The summed E-state index contributed by atoms with van der Waals surface area (Å²) in [6.45, 7) is -2.66. The zero-order valence-corrected chi connectivity index (χ0v) is 12.1. The van der Waals surface area contributed by atoms with Gasteiger partial charge in [-0.05, 0) is 18.4 Å². The van der Waals surface area contributed by atoms with Gasteiger partial charge in [0.1, 0.15) is 19.1 Å². The number of aromatic amines is 1. The van der Waals surface area contributed by atoms with E-state index in [2.05, 4.69) is 19.8 Å². The first kappa shape index (κ1) is 7.77. The lowest BCUT2D eigenvalue weighted by Gasteiger charge is -2.41. The van der Waals surface area contributed by atoms with Gasteiger partial charge in [0.05, 0.1) is 14.2 Å². The van der Waals surface area contributed by atoms with Crippen LogP contribution in [0.4, 0.5) is 5.82 Å². The van der Waals surface area contributed by atoms with Crippen molar-refractivity contribution in [1.29, 1.82) is 0 Å². The zero-order valence-electron chi connectivity index (χ0n) is 21.1. The number of aromatic nitrogens is 3. The molecule has 1 aliphatic rings. The van der Waals surface area contributed by atoms with Gasteiger partial charge in [-0.3, -0.25) is 4.79 Å². The van der Waals surface area contributed by atoms with E-state index in [1.54, 1.807) is 0 Å². The summed E-state index contributed by atoms with van der Waals surface area (Å²) in [5, 5.41) is 0.154. The molecule has 2 aromatic rings. The molecule has 1 amide bonds.